The van der Waals surface area contributed by atoms with Crippen molar-refractivity contribution in [1.82, 2.24) is 0 Å². The van der Waals surface area contributed by atoms with E-state index in [1.54, 1.807) is 6.92 Å². The van der Waals surface area contributed by atoms with Crippen LogP contribution in [0.3, 0.4) is 0 Å². The Morgan fingerprint density at radius 1 is 1.78 bits per heavy atom. The number of hydrogen-bond acceptors (Lipinski definition) is 2. The van der Waals surface area contributed by atoms with Gasteiger partial charge in [-0.2, -0.15) is 0 Å². The summed E-state index contributed by atoms with van der Waals surface area (Å²) < 4.78 is 10.4. The molecule has 1 fully saturated rings. The molecule has 0 saturated carbocycles. The Morgan fingerprint density at radius 3 is 2.67 bits per heavy atom. The van der Waals surface area contributed by atoms with Crippen LogP contribution in [0.5, 0.6) is 0 Å². The van der Waals surface area contributed by atoms with E-state index in [2.05, 4.69) is 5.92 Å². The number of terminal acetylenes is 1. The summed E-state index contributed by atoms with van der Waals surface area (Å²) in [7, 11) is 0. The summed E-state index contributed by atoms with van der Waals surface area (Å²) in [6.45, 7) is 4.28. The van der Waals surface area contributed by atoms with Gasteiger partial charge in [-0.1, -0.05) is 0 Å². The predicted octanol–water partition coefficient (Wildman–Crippen LogP) is 0.771. The second-order valence-electron chi connectivity index (χ2n) is 2.33. The minimum Gasteiger partial charge on any atom is -0.337 e. The molecule has 0 aromatic heterocycles. The lowest BCUT2D eigenvalue weighted by Gasteiger charge is -2.13. The normalized spacial score (nSPS) is 42.6. The average Bonchev–Trinajstić information content (AvgIpc) is 2.13. The smallest absolute Gasteiger partial charge is 0.230 e. The van der Waals surface area contributed by atoms with Crippen LogP contribution >= 0.6 is 0 Å². The van der Waals surface area contributed by atoms with Crippen molar-refractivity contribution >= 4 is 0 Å². The third kappa shape index (κ3) is 1.24. The molecule has 0 amide bonds. The molecule has 2 heteroatoms. The molecule has 0 radical (unpaired) electrons. The van der Waals surface area contributed by atoms with Crippen molar-refractivity contribution in [2.45, 2.75) is 25.7 Å². The van der Waals surface area contributed by atoms with E-state index >= 15 is 0 Å². The van der Waals surface area contributed by atoms with Crippen molar-refractivity contribution in [3.63, 3.8) is 0 Å². The lowest BCUT2D eigenvalue weighted by Crippen LogP contribution is -2.23. The topological polar surface area (TPSA) is 18.5 Å². The Bertz CT molecular complexity index is 147. The zero-order chi connectivity index (χ0) is 6.91. The van der Waals surface area contributed by atoms with Crippen LogP contribution in [0.1, 0.15) is 13.8 Å². The van der Waals surface area contributed by atoms with E-state index in [0.29, 0.717) is 6.61 Å². The van der Waals surface area contributed by atoms with Crippen LogP contribution in [-0.4, -0.2) is 18.5 Å². The van der Waals surface area contributed by atoms with Gasteiger partial charge in [-0.25, -0.2) is 0 Å². The van der Waals surface area contributed by atoms with Gasteiger partial charge in [0.25, 0.3) is 0 Å². The maximum atomic E-state index is 5.24. The maximum Gasteiger partial charge on any atom is 0.230 e. The molecule has 0 spiro atoms. The van der Waals surface area contributed by atoms with Crippen LogP contribution in [0.15, 0.2) is 0 Å². The summed E-state index contributed by atoms with van der Waals surface area (Å²) in [4.78, 5) is 0. The Balaban J connectivity index is 2.58. The van der Waals surface area contributed by atoms with Crippen molar-refractivity contribution < 1.29 is 9.47 Å². The molecule has 1 aliphatic heterocycles. The van der Waals surface area contributed by atoms with Crippen LogP contribution in [0.25, 0.3) is 0 Å². The number of hydrogen-bond donors (Lipinski definition) is 0. The molecular weight excluding hydrogens is 116 g/mol. The van der Waals surface area contributed by atoms with Gasteiger partial charge in [0.05, 0.1) is 12.7 Å². The predicted molar refractivity (Wildman–Crippen MR) is 33.7 cm³/mol. The maximum absolute atomic E-state index is 5.24. The Morgan fingerprint density at radius 2 is 2.44 bits per heavy atom. The standard InChI is InChI=1S/C7H10O2/c1-4-7(3)8-5-6(2)9-7/h1,6H,5H2,2-3H3. The van der Waals surface area contributed by atoms with Crippen LogP contribution in [0.2, 0.25) is 0 Å². The first kappa shape index (κ1) is 6.60. The van der Waals surface area contributed by atoms with Gasteiger partial charge >= 0.3 is 0 Å². The third-order valence-corrected chi connectivity index (χ3v) is 1.28. The molecule has 0 bridgehead atoms. The fraction of sp³-hybridized carbons (Fsp3) is 0.714. The van der Waals surface area contributed by atoms with Gasteiger partial charge in [0.2, 0.25) is 5.79 Å². The van der Waals surface area contributed by atoms with Crippen LogP contribution in [-0.2, 0) is 9.47 Å². The van der Waals surface area contributed by atoms with Gasteiger partial charge in [-0.15, -0.1) is 6.42 Å². The first-order valence-electron chi connectivity index (χ1n) is 2.96. The lowest BCUT2D eigenvalue weighted by molar-refractivity contribution is -0.102. The number of ether oxygens (including phenoxy) is 2. The molecule has 0 aliphatic carbocycles. The zero-order valence-electron chi connectivity index (χ0n) is 5.68. The molecule has 0 N–H and O–H groups in total. The Labute approximate surface area is 55.1 Å². The van der Waals surface area contributed by atoms with Gasteiger partial charge in [-0.3, -0.25) is 0 Å². The highest BCUT2D eigenvalue weighted by Crippen LogP contribution is 2.21. The zero-order valence-corrected chi connectivity index (χ0v) is 5.68. The minimum atomic E-state index is -0.764. The molecule has 1 aliphatic rings. The molecule has 1 saturated heterocycles. The highest BCUT2D eigenvalue weighted by atomic mass is 16.7. The van der Waals surface area contributed by atoms with Crippen molar-refractivity contribution in [2.75, 3.05) is 6.61 Å². The number of rotatable bonds is 0. The van der Waals surface area contributed by atoms with Crippen LogP contribution in [0.4, 0.5) is 0 Å². The molecule has 2 atom stereocenters. The summed E-state index contributed by atoms with van der Waals surface area (Å²) in [5.74, 6) is 1.66. The lowest BCUT2D eigenvalue weighted by atomic mass is 10.3. The summed E-state index contributed by atoms with van der Waals surface area (Å²) in [5.41, 5.74) is 0. The minimum absolute atomic E-state index is 0.131. The highest BCUT2D eigenvalue weighted by Gasteiger charge is 2.32. The summed E-state index contributed by atoms with van der Waals surface area (Å²) in [6.07, 6.45) is 5.26. The van der Waals surface area contributed by atoms with Crippen LogP contribution in [0, 0.1) is 12.3 Å². The SMILES string of the molecule is C#CC1(C)OCC(C)O1. The van der Waals surface area contributed by atoms with E-state index in [4.69, 9.17) is 15.9 Å². The Kier molecular flexibility index (Phi) is 1.48. The summed E-state index contributed by atoms with van der Waals surface area (Å²) in [6, 6.07) is 0. The summed E-state index contributed by atoms with van der Waals surface area (Å²) >= 11 is 0. The highest BCUT2D eigenvalue weighted by molar-refractivity contribution is 5.01. The first-order chi connectivity index (χ1) is 4.16. The van der Waals surface area contributed by atoms with Gasteiger partial charge in [0.1, 0.15) is 0 Å². The second-order valence-corrected chi connectivity index (χ2v) is 2.33. The molecule has 1 heterocycles. The van der Waals surface area contributed by atoms with E-state index in [0.717, 1.165) is 0 Å². The largest absolute Gasteiger partial charge is 0.337 e. The molecular formula is C7H10O2. The first-order valence-corrected chi connectivity index (χ1v) is 2.96. The van der Waals surface area contributed by atoms with Gasteiger partial charge in [0, 0.05) is 6.92 Å². The summed E-state index contributed by atoms with van der Waals surface area (Å²) in [5, 5.41) is 0. The van der Waals surface area contributed by atoms with Crippen molar-refractivity contribution in [2.24, 2.45) is 0 Å². The van der Waals surface area contributed by atoms with Crippen molar-refractivity contribution in [3.8, 4) is 12.3 Å². The van der Waals surface area contributed by atoms with Gasteiger partial charge in [0.15, 0.2) is 0 Å². The van der Waals surface area contributed by atoms with E-state index in [1.807, 2.05) is 6.92 Å². The van der Waals surface area contributed by atoms with E-state index < -0.39 is 5.79 Å². The molecule has 2 nitrogen and oxygen atoms in total. The second kappa shape index (κ2) is 2.02. The van der Waals surface area contributed by atoms with E-state index in [1.165, 1.54) is 0 Å². The van der Waals surface area contributed by atoms with Gasteiger partial charge < -0.3 is 9.47 Å². The fourth-order valence-corrected chi connectivity index (χ4v) is 0.804. The van der Waals surface area contributed by atoms with E-state index in [-0.39, 0.29) is 6.10 Å². The fourth-order valence-electron chi connectivity index (χ4n) is 0.804. The quantitative estimate of drug-likeness (QED) is 0.446. The third-order valence-electron chi connectivity index (χ3n) is 1.28. The molecule has 2 unspecified atom stereocenters. The van der Waals surface area contributed by atoms with E-state index in [9.17, 15) is 0 Å². The molecule has 9 heavy (non-hydrogen) atoms. The van der Waals surface area contributed by atoms with Crippen LogP contribution < -0.4 is 0 Å². The average molecular weight is 126 g/mol. The van der Waals surface area contributed by atoms with Crippen molar-refractivity contribution in [1.29, 1.82) is 0 Å². The van der Waals surface area contributed by atoms with Gasteiger partial charge in [-0.05, 0) is 12.8 Å². The molecule has 50 valence electrons. The molecule has 0 aromatic carbocycles. The monoisotopic (exact) mass is 126 g/mol. The molecule has 1 rings (SSSR count). The Hall–Kier alpha value is -0.520. The van der Waals surface area contributed by atoms with Crippen molar-refractivity contribution in [3.05, 3.63) is 0 Å². The molecule has 0 aromatic rings.